The first-order valence-electron chi connectivity index (χ1n) is 7.45. The van der Waals surface area contributed by atoms with E-state index in [0.29, 0.717) is 11.3 Å². The summed E-state index contributed by atoms with van der Waals surface area (Å²) in [6.45, 7) is 3.94. The topological polar surface area (TPSA) is 81.4 Å². The predicted molar refractivity (Wildman–Crippen MR) is 95.1 cm³/mol. The molecule has 2 rings (SSSR count). The van der Waals surface area contributed by atoms with Crippen LogP contribution in [0.4, 0.5) is 5.69 Å². The van der Waals surface area contributed by atoms with E-state index >= 15 is 0 Å². The number of ether oxygens (including phenoxy) is 1. The summed E-state index contributed by atoms with van der Waals surface area (Å²) in [4.78, 5) is 23.1. The fourth-order valence-corrected chi connectivity index (χ4v) is 2.38. The average Bonchev–Trinajstić information content (AvgIpc) is 2.54. The van der Waals surface area contributed by atoms with Gasteiger partial charge in [-0.05, 0) is 73.0 Å². The number of rotatable bonds is 5. The molecule has 2 aromatic rings. The standard InChI is InChI=1S/C19H20N2O3/c1-12-10-16(24-3)11-13(2)17(12)8-9-18(22)21-15-6-4-14(5-7-15)19(20)23/h4-11H,1-3H3,(H2,20,23)(H,21,22)/b9-8+. The van der Waals surface area contributed by atoms with Crippen molar-refractivity contribution in [1.29, 1.82) is 0 Å². The van der Waals surface area contributed by atoms with Gasteiger partial charge in [-0.2, -0.15) is 0 Å². The lowest BCUT2D eigenvalue weighted by molar-refractivity contribution is -0.111. The number of nitrogens with two attached hydrogens (primary N) is 1. The zero-order chi connectivity index (χ0) is 17.7. The second-order valence-electron chi connectivity index (χ2n) is 5.44. The molecule has 0 atom stereocenters. The summed E-state index contributed by atoms with van der Waals surface area (Å²) in [5.74, 6) is 0.0378. The summed E-state index contributed by atoms with van der Waals surface area (Å²) in [5.41, 5.74) is 9.21. The molecule has 0 unspecified atom stereocenters. The molecule has 0 saturated carbocycles. The highest BCUT2D eigenvalue weighted by Gasteiger charge is 2.05. The molecule has 0 aromatic heterocycles. The summed E-state index contributed by atoms with van der Waals surface area (Å²) in [6.07, 6.45) is 3.25. The summed E-state index contributed by atoms with van der Waals surface area (Å²) in [7, 11) is 1.63. The van der Waals surface area contributed by atoms with Gasteiger partial charge in [-0.3, -0.25) is 9.59 Å². The second-order valence-corrected chi connectivity index (χ2v) is 5.44. The number of amides is 2. The van der Waals surface area contributed by atoms with E-state index in [0.717, 1.165) is 22.4 Å². The molecule has 5 heteroatoms. The fraction of sp³-hybridized carbons (Fsp3) is 0.158. The summed E-state index contributed by atoms with van der Waals surface area (Å²) in [6, 6.07) is 10.3. The van der Waals surface area contributed by atoms with Crippen LogP contribution >= 0.6 is 0 Å². The molecule has 0 fully saturated rings. The number of aryl methyl sites for hydroxylation is 2. The third-order valence-electron chi connectivity index (χ3n) is 3.64. The number of hydrogen-bond donors (Lipinski definition) is 2. The number of carbonyl (C=O) groups is 2. The minimum absolute atomic E-state index is 0.253. The van der Waals surface area contributed by atoms with E-state index in [-0.39, 0.29) is 5.91 Å². The van der Waals surface area contributed by atoms with Crippen molar-refractivity contribution >= 4 is 23.6 Å². The van der Waals surface area contributed by atoms with E-state index in [2.05, 4.69) is 5.32 Å². The average molecular weight is 324 g/mol. The van der Waals surface area contributed by atoms with Crippen LogP contribution in [0.3, 0.4) is 0 Å². The molecule has 0 spiro atoms. The molecule has 0 aliphatic heterocycles. The predicted octanol–water partition coefficient (Wildman–Crippen LogP) is 3.06. The molecule has 0 bridgehead atoms. The molecule has 3 N–H and O–H groups in total. The third kappa shape index (κ3) is 4.23. The van der Waals surface area contributed by atoms with Gasteiger partial charge in [-0.1, -0.05) is 0 Å². The second kappa shape index (κ2) is 7.46. The van der Waals surface area contributed by atoms with Crippen molar-refractivity contribution in [2.75, 3.05) is 12.4 Å². The molecule has 0 radical (unpaired) electrons. The summed E-state index contributed by atoms with van der Waals surface area (Å²) in [5, 5.41) is 2.74. The first-order chi connectivity index (χ1) is 11.4. The quantitative estimate of drug-likeness (QED) is 0.829. The maximum absolute atomic E-state index is 12.0. The number of primary amides is 1. The van der Waals surface area contributed by atoms with Crippen molar-refractivity contribution in [2.24, 2.45) is 5.73 Å². The van der Waals surface area contributed by atoms with Gasteiger partial charge < -0.3 is 15.8 Å². The van der Waals surface area contributed by atoms with Gasteiger partial charge in [0.05, 0.1) is 7.11 Å². The van der Waals surface area contributed by atoms with E-state index in [1.54, 1.807) is 37.5 Å². The molecule has 24 heavy (non-hydrogen) atoms. The number of anilines is 1. The molecule has 0 aliphatic rings. The van der Waals surface area contributed by atoms with Crippen LogP contribution in [0.2, 0.25) is 0 Å². The SMILES string of the molecule is COc1cc(C)c(/C=C/C(=O)Nc2ccc(C(N)=O)cc2)c(C)c1. The Bertz CT molecular complexity index is 770. The molecule has 2 amide bonds. The van der Waals surface area contributed by atoms with Gasteiger partial charge in [0.2, 0.25) is 11.8 Å². The lowest BCUT2D eigenvalue weighted by atomic mass is 10.0. The van der Waals surface area contributed by atoms with Gasteiger partial charge in [0.1, 0.15) is 5.75 Å². The highest BCUT2D eigenvalue weighted by molar-refractivity contribution is 6.02. The fourth-order valence-electron chi connectivity index (χ4n) is 2.38. The lowest BCUT2D eigenvalue weighted by Gasteiger charge is -2.09. The Kier molecular flexibility index (Phi) is 5.37. The molecule has 0 heterocycles. The van der Waals surface area contributed by atoms with E-state index in [9.17, 15) is 9.59 Å². The van der Waals surface area contributed by atoms with E-state index in [1.807, 2.05) is 26.0 Å². The molecule has 5 nitrogen and oxygen atoms in total. The molecular weight excluding hydrogens is 304 g/mol. The lowest BCUT2D eigenvalue weighted by Crippen LogP contribution is -2.11. The van der Waals surface area contributed by atoms with Crippen molar-refractivity contribution in [1.82, 2.24) is 0 Å². The van der Waals surface area contributed by atoms with Gasteiger partial charge in [0, 0.05) is 17.3 Å². The minimum Gasteiger partial charge on any atom is -0.497 e. The van der Waals surface area contributed by atoms with Crippen LogP contribution in [0, 0.1) is 13.8 Å². The van der Waals surface area contributed by atoms with Crippen LogP contribution in [0.5, 0.6) is 5.75 Å². The Labute approximate surface area is 141 Å². The summed E-state index contributed by atoms with van der Waals surface area (Å²) >= 11 is 0. The van der Waals surface area contributed by atoms with Crippen molar-refractivity contribution in [3.8, 4) is 5.75 Å². The summed E-state index contributed by atoms with van der Waals surface area (Å²) < 4.78 is 5.23. The number of methoxy groups -OCH3 is 1. The van der Waals surface area contributed by atoms with Crippen LogP contribution in [-0.4, -0.2) is 18.9 Å². The maximum atomic E-state index is 12.0. The van der Waals surface area contributed by atoms with Gasteiger partial charge in [-0.15, -0.1) is 0 Å². The minimum atomic E-state index is -0.502. The monoisotopic (exact) mass is 324 g/mol. The Morgan fingerprint density at radius 3 is 2.17 bits per heavy atom. The molecule has 0 saturated heterocycles. The zero-order valence-corrected chi connectivity index (χ0v) is 13.9. The number of nitrogens with one attached hydrogen (secondary N) is 1. The Hall–Kier alpha value is -3.08. The molecule has 2 aromatic carbocycles. The van der Waals surface area contributed by atoms with Crippen molar-refractivity contribution in [3.63, 3.8) is 0 Å². The number of benzene rings is 2. The van der Waals surface area contributed by atoms with Crippen LogP contribution < -0.4 is 15.8 Å². The normalized spacial score (nSPS) is 10.6. The van der Waals surface area contributed by atoms with Crippen LogP contribution in [0.15, 0.2) is 42.5 Å². The first kappa shape index (κ1) is 17.3. The van der Waals surface area contributed by atoms with E-state index < -0.39 is 5.91 Å². The third-order valence-corrected chi connectivity index (χ3v) is 3.64. The highest BCUT2D eigenvalue weighted by atomic mass is 16.5. The van der Waals surface area contributed by atoms with Crippen LogP contribution in [0.25, 0.3) is 6.08 Å². The highest BCUT2D eigenvalue weighted by Crippen LogP contribution is 2.22. The van der Waals surface area contributed by atoms with Gasteiger partial charge in [-0.25, -0.2) is 0 Å². The van der Waals surface area contributed by atoms with Crippen molar-refractivity contribution in [2.45, 2.75) is 13.8 Å². The molecular formula is C19H20N2O3. The number of carbonyl (C=O) groups excluding carboxylic acids is 2. The zero-order valence-electron chi connectivity index (χ0n) is 13.9. The van der Waals surface area contributed by atoms with Crippen molar-refractivity contribution < 1.29 is 14.3 Å². The Balaban J connectivity index is 2.09. The largest absolute Gasteiger partial charge is 0.497 e. The first-order valence-corrected chi connectivity index (χ1v) is 7.45. The molecule has 0 aliphatic carbocycles. The van der Waals surface area contributed by atoms with Crippen LogP contribution in [0.1, 0.15) is 27.0 Å². The van der Waals surface area contributed by atoms with Gasteiger partial charge in [0.25, 0.3) is 0 Å². The van der Waals surface area contributed by atoms with Crippen LogP contribution in [-0.2, 0) is 4.79 Å². The Morgan fingerprint density at radius 2 is 1.67 bits per heavy atom. The van der Waals surface area contributed by atoms with Gasteiger partial charge >= 0.3 is 0 Å². The maximum Gasteiger partial charge on any atom is 0.248 e. The smallest absolute Gasteiger partial charge is 0.248 e. The number of hydrogen-bond acceptors (Lipinski definition) is 3. The Morgan fingerprint density at radius 1 is 1.08 bits per heavy atom. The van der Waals surface area contributed by atoms with E-state index in [1.165, 1.54) is 6.08 Å². The van der Waals surface area contributed by atoms with E-state index in [4.69, 9.17) is 10.5 Å². The molecule has 124 valence electrons. The van der Waals surface area contributed by atoms with Crippen molar-refractivity contribution in [3.05, 3.63) is 64.7 Å². The van der Waals surface area contributed by atoms with Gasteiger partial charge in [0.15, 0.2) is 0 Å².